The lowest BCUT2D eigenvalue weighted by atomic mass is 10.1. The fourth-order valence-electron chi connectivity index (χ4n) is 3.86. The van der Waals surface area contributed by atoms with Crippen molar-refractivity contribution in [2.75, 3.05) is 18.5 Å². The van der Waals surface area contributed by atoms with Crippen molar-refractivity contribution in [3.8, 4) is 17.1 Å². The van der Waals surface area contributed by atoms with E-state index >= 15 is 0 Å². The van der Waals surface area contributed by atoms with Gasteiger partial charge in [-0.2, -0.15) is 0 Å². The Balaban J connectivity index is 1.47. The van der Waals surface area contributed by atoms with E-state index in [1.165, 1.54) is 0 Å². The lowest BCUT2D eigenvalue weighted by Gasteiger charge is -2.23. The molecule has 5 rings (SSSR count). The van der Waals surface area contributed by atoms with E-state index in [4.69, 9.17) is 14.5 Å². The van der Waals surface area contributed by atoms with Crippen LogP contribution >= 0.6 is 0 Å². The summed E-state index contributed by atoms with van der Waals surface area (Å²) in [7, 11) is 0. The number of benzene rings is 1. The number of anilines is 2. The van der Waals surface area contributed by atoms with Crippen molar-refractivity contribution < 1.29 is 9.47 Å². The molecule has 162 valence electrons. The zero-order valence-corrected chi connectivity index (χ0v) is 17.8. The van der Waals surface area contributed by atoms with Gasteiger partial charge in [0.05, 0.1) is 30.0 Å². The van der Waals surface area contributed by atoms with Crippen LogP contribution in [-0.2, 0) is 4.74 Å². The molecule has 1 aliphatic heterocycles. The number of pyridine rings is 3. The van der Waals surface area contributed by atoms with Crippen molar-refractivity contribution in [3.05, 3.63) is 76.8 Å². The van der Waals surface area contributed by atoms with Crippen LogP contribution in [0, 0.1) is 6.92 Å². The summed E-state index contributed by atoms with van der Waals surface area (Å²) in [5.41, 5.74) is 2.99. The molecule has 3 aromatic heterocycles. The normalized spacial score (nSPS) is 14.4. The first-order valence-electron chi connectivity index (χ1n) is 10.7. The Morgan fingerprint density at radius 1 is 1.03 bits per heavy atom. The summed E-state index contributed by atoms with van der Waals surface area (Å²) < 4.78 is 11.4. The van der Waals surface area contributed by atoms with E-state index in [2.05, 4.69) is 15.3 Å². The molecule has 0 spiro atoms. The number of aromatic amines is 1. The number of H-pyrrole nitrogens is 1. The van der Waals surface area contributed by atoms with E-state index in [9.17, 15) is 4.79 Å². The molecule has 0 atom stereocenters. The minimum Gasteiger partial charge on any atom is -0.490 e. The summed E-state index contributed by atoms with van der Waals surface area (Å²) in [4.78, 5) is 24.7. The summed E-state index contributed by atoms with van der Waals surface area (Å²) in [6.45, 7) is 3.42. The van der Waals surface area contributed by atoms with Gasteiger partial charge in [0.15, 0.2) is 0 Å². The van der Waals surface area contributed by atoms with Crippen LogP contribution in [0.5, 0.6) is 5.75 Å². The molecule has 0 unspecified atom stereocenters. The maximum absolute atomic E-state index is 12.6. The maximum Gasteiger partial charge on any atom is 0.259 e. The van der Waals surface area contributed by atoms with E-state index in [1.54, 1.807) is 6.20 Å². The van der Waals surface area contributed by atoms with Crippen LogP contribution in [0.1, 0.15) is 18.5 Å². The van der Waals surface area contributed by atoms with Gasteiger partial charge in [-0.1, -0.05) is 6.07 Å². The summed E-state index contributed by atoms with van der Waals surface area (Å²) in [6, 6.07) is 17.3. The second kappa shape index (κ2) is 8.80. The number of hydrogen-bond acceptors (Lipinski definition) is 6. The standard InChI is InChI=1S/C25H24N4O3/c1-16-3-2-4-21(27-16)22-15-17-9-12-26-25(30)23(17)24(29-22)28-18-5-7-19(8-6-18)32-20-10-13-31-14-11-20/h2-9,12,15,20H,10-11,13-14H2,1H3,(H,26,30)(H,28,29). The first kappa shape index (κ1) is 20.2. The average molecular weight is 428 g/mol. The molecule has 1 aromatic carbocycles. The summed E-state index contributed by atoms with van der Waals surface area (Å²) >= 11 is 0. The van der Waals surface area contributed by atoms with E-state index in [1.807, 2.05) is 61.5 Å². The third kappa shape index (κ3) is 4.33. The van der Waals surface area contributed by atoms with Crippen LogP contribution in [0.15, 0.2) is 65.6 Å². The number of nitrogens with zero attached hydrogens (tertiary/aromatic N) is 2. The lowest BCUT2D eigenvalue weighted by molar-refractivity contribution is 0.0256. The number of nitrogens with one attached hydrogen (secondary N) is 2. The van der Waals surface area contributed by atoms with Gasteiger partial charge in [-0.15, -0.1) is 0 Å². The van der Waals surface area contributed by atoms with E-state index in [-0.39, 0.29) is 11.7 Å². The summed E-state index contributed by atoms with van der Waals surface area (Å²) in [5, 5.41) is 4.61. The smallest absolute Gasteiger partial charge is 0.259 e. The molecule has 0 saturated carbocycles. The highest BCUT2D eigenvalue weighted by atomic mass is 16.5. The maximum atomic E-state index is 12.6. The van der Waals surface area contributed by atoms with Gasteiger partial charge in [0.2, 0.25) is 0 Å². The van der Waals surface area contributed by atoms with Crippen LogP contribution in [0.3, 0.4) is 0 Å². The summed E-state index contributed by atoms with van der Waals surface area (Å²) in [6.07, 6.45) is 3.63. The molecule has 1 saturated heterocycles. The molecule has 4 aromatic rings. The van der Waals surface area contributed by atoms with Gasteiger partial charge in [0, 0.05) is 30.4 Å². The highest BCUT2D eigenvalue weighted by Gasteiger charge is 2.16. The fraction of sp³-hybridized carbons (Fsp3) is 0.240. The van der Waals surface area contributed by atoms with Crippen molar-refractivity contribution in [1.29, 1.82) is 0 Å². The SMILES string of the molecule is Cc1cccc(-c2cc3cc[nH]c(=O)c3c(Nc3ccc(OC4CCOCC4)cc3)n2)n1. The van der Waals surface area contributed by atoms with Gasteiger partial charge < -0.3 is 19.8 Å². The zero-order valence-electron chi connectivity index (χ0n) is 17.8. The predicted molar refractivity (Wildman–Crippen MR) is 125 cm³/mol. The topological polar surface area (TPSA) is 89.1 Å². The Kier molecular flexibility index (Phi) is 5.56. The van der Waals surface area contributed by atoms with Crippen molar-refractivity contribution in [2.45, 2.75) is 25.9 Å². The third-order valence-corrected chi connectivity index (χ3v) is 5.49. The minimum absolute atomic E-state index is 0.185. The highest BCUT2D eigenvalue weighted by molar-refractivity contribution is 5.94. The minimum atomic E-state index is -0.194. The largest absolute Gasteiger partial charge is 0.490 e. The molecule has 2 N–H and O–H groups in total. The van der Waals surface area contributed by atoms with Gasteiger partial charge in [0.1, 0.15) is 17.7 Å². The number of ether oxygens (including phenoxy) is 2. The number of fused-ring (bicyclic) bond motifs is 1. The predicted octanol–water partition coefficient (Wildman–Crippen LogP) is 4.59. The van der Waals surface area contributed by atoms with Crippen molar-refractivity contribution >= 4 is 22.3 Å². The van der Waals surface area contributed by atoms with Gasteiger partial charge in [-0.25, -0.2) is 4.98 Å². The molecule has 0 bridgehead atoms. The van der Waals surface area contributed by atoms with E-state index in [0.717, 1.165) is 54.3 Å². The molecule has 4 heterocycles. The molecule has 7 heteroatoms. The molecule has 1 fully saturated rings. The second-order valence-corrected chi connectivity index (χ2v) is 7.87. The van der Waals surface area contributed by atoms with Crippen molar-refractivity contribution in [3.63, 3.8) is 0 Å². The number of aromatic nitrogens is 3. The van der Waals surface area contributed by atoms with E-state index in [0.29, 0.717) is 16.9 Å². The number of aryl methyl sites for hydroxylation is 1. The quantitative estimate of drug-likeness (QED) is 0.483. The number of hydrogen-bond donors (Lipinski definition) is 2. The van der Waals surface area contributed by atoms with Gasteiger partial charge >= 0.3 is 0 Å². The second-order valence-electron chi connectivity index (χ2n) is 7.87. The fourth-order valence-corrected chi connectivity index (χ4v) is 3.86. The van der Waals surface area contributed by atoms with Crippen LogP contribution < -0.4 is 15.6 Å². The van der Waals surface area contributed by atoms with Gasteiger partial charge in [-0.3, -0.25) is 9.78 Å². The van der Waals surface area contributed by atoms with E-state index < -0.39 is 0 Å². The molecular weight excluding hydrogens is 404 g/mol. The van der Waals surface area contributed by atoms with Crippen LogP contribution in [0.2, 0.25) is 0 Å². The monoisotopic (exact) mass is 428 g/mol. The first-order chi connectivity index (χ1) is 15.7. The van der Waals surface area contributed by atoms with Crippen LogP contribution in [0.4, 0.5) is 11.5 Å². The van der Waals surface area contributed by atoms with Crippen molar-refractivity contribution in [1.82, 2.24) is 15.0 Å². The first-order valence-corrected chi connectivity index (χ1v) is 10.7. The van der Waals surface area contributed by atoms with Crippen molar-refractivity contribution in [2.24, 2.45) is 0 Å². The molecule has 0 aliphatic carbocycles. The molecule has 1 aliphatic rings. The third-order valence-electron chi connectivity index (χ3n) is 5.49. The molecular formula is C25H24N4O3. The molecule has 32 heavy (non-hydrogen) atoms. The Morgan fingerprint density at radius 3 is 2.62 bits per heavy atom. The van der Waals surface area contributed by atoms with Crippen LogP contribution in [0.25, 0.3) is 22.2 Å². The van der Waals surface area contributed by atoms with Gasteiger partial charge in [-0.05, 0) is 60.8 Å². The lowest BCUT2D eigenvalue weighted by Crippen LogP contribution is -2.25. The Hall–Kier alpha value is -3.71. The molecule has 0 radical (unpaired) electrons. The molecule has 0 amide bonds. The average Bonchev–Trinajstić information content (AvgIpc) is 2.81. The zero-order chi connectivity index (χ0) is 21.9. The van der Waals surface area contributed by atoms with Gasteiger partial charge in [0.25, 0.3) is 5.56 Å². The Bertz CT molecular complexity index is 1290. The van der Waals surface area contributed by atoms with Crippen LogP contribution in [-0.4, -0.2) is 34.3 Å². The Labute approximate surface area is 185 Å². The molecule has 7 nitrogen and oxygen atoms in total. The number of rotatable bonds is 5. The highest BCUT2D eigenvalue weighted by Crippen LogP contribution is 2.28. The Morgan fingerprint density at radius 2 is 1.84 bits per heavy atom. The summed E-state index contributed by atoms with van der Waals surface area (Å²) in [5.74, 6) is 1.30.